The summed E-state index contributed by atoms with van der Waals surface area (Å²) in [7, 11) is 0. The molecule has 1 unspecified atom stereocenters. The predicted molar refractivity (Wildman–Crippen MR) is 60.8 cm³/mol. The van der Waals surface area contributed by atoms with Gasteiger partial charge in [0.15, 0.2) is 0 Å². The summed E-state index contributed by atoms with van der Waals surface area (Å²) in [6.45, 7) is 1.49. The highest BCUT2D eigenvalue weighted by atomic mass is 16.6. The molecule has 0 spiro atoms. The number of hydrogen-bond donors (Lipinski definition) is 2. The molecule has 0 saturated carbocycles. The lowest BCUT2D eigenvalue weighted by molar-refractivity contribution is -0.384. The zero-order valence-electron chi connectivity index (χ0n) is 9.04. The number of anilines is 1. The van der Waals surface area contributed by atoms with Crippen molar-refractivity contribution in [3.05, 3.63) is 33.9 Å². The van der Waals surface area contributed by atoms with Gasteiger partial charge in [-0.3, -0.25) is 19.7 Å². The molecule has 0 bridgehead atoms. The average molecular weight is 237 g/mol. The van der Waals surface area contributed by atoms with E-state index in [9.17, 15) is 19.7 Å². The summed E-state index contributed by atoms with van der Waals surface area (Å²) in [4.78, 5) is 31.5. The second-order valence-electron chi connectivity index (χ2n) is 3.42. The molecule has 7 heteroatoms. The van der Waals surface area contributed by atoms with E-state index in [-0.39, 0.29) is 16.9 Å². The van der Waals surface area contributed by atoms with Gasteiger partial charge in [0.25, 0.3) is 5.69 Å². The highest BCUT2D eigenvalue weighted by molar-refractivity contribution is 5.84. The van der Waals surface area contributed by atoms with Crippen molar-refractivity contribution in [3.63, 3.8) is 0 Å². The van der Waals surface area contributed by atoms with Crippen LogP contribution in [0.3, 0.4) is 0 Å². The number of nitrogens with two attached hydrogens (primary N) is 1. The van der Waals surface area contributed by atoms with Crippen molar-refractivity contribution in [1.82, 2.24) is 0 Å². The number of amides is 1. The molecule has 0 saturated heterocycles. The quantitative estimate of drug-likeness (QED) is 0.444. The summed E-state index contributed by atoms with van der Waals surface area (Å²) in [6, 6.07) is 3.16. The summed E-state index contributed by atoms with van der Waals surface area (Å²) >= 11 is 0. The second kappa shape index (κ2) is 5.06. The fourth-order valence-electron chi connectivity index (χ4n) is 1.20. The minimum Gasteiger partial charge on any atom is -0.368 e. The Morgan fingerprint density at radius 2 is 2.24 bits per heavy atom. The van der Waals surface area contributed by atoms with Crippen molar-refractivity contribution in [3.8, 4) is 0 Å². The van der Waals surface area contributed by atoms with Gasteiger partial charge in [-0.1, -0.05) is 0 Å². The molecule has 7 nitrogen and oxygen atoms in total. The molecule has 0 aliphatic carbocycles. The topological polar surface area (TPSA) is 115 Å². The number of nitro groups is 1. The number of nitrogens with zero attached hydrogens (tertiary/aromatic N) is 1. The van der Waals surface area contributed by atoms with Gasteiger partial charge in [0, 0.05) is 11.6 Å². The monoisotopic (exact) mass is 237 g/mol. The smallest absolute Gasteiger partial charge is 0.293 e. The third-order valence-electron chi connectivity index (χ3n) is 2.15. The molecular formula is C10H11N3O4. The Balaban J connectivity index is 3.10. The van der Waals surface area contributed by atoms with E-state index in [1.165, 1.54) is 19.1 Å². The molecule has 0 radical (unpaired) electrons. The molecule has 1 rings (SSSR count). The number of aldehydes is 1. The van der Waals surface area contributed by atoms with Gasteiger partial charge in [-0.2, -0.15) is 0 Å². The first-order chi connectivity index (χ1) is 7.95. The number of rotatable bonds is 5. The van der Waals surface area contributed by atoms with Gasteiger partial charge in [-0.05, 0) is 19.1 Å². The Morgan fingerprint density at radius 3 is 2.71 bits per heavy atom. The third kappa shape index (κ3) is 3.00. The second-order valence-corrected chi connectivity index (χ2v) is 3.42. The van der Waals surface area contributed by atoms with Crippen LogP contribution >= 0.6 is 0 Å². The van der Waals surface area contributed by atoms with Crippen LogP contribution in [0.1, 0.15) is 17.3 Å². The van der Waals surface area contributed by atoms with Crippen molar-refractivity contribution in [1.29, 1.82) is 0 Å². The number of nitrogens with one attached hydrogen (secondary N) is 1. The molecular weight excluding hydrogens is 226 g/mol. The molecule has 3 N–H and O–H groups in total. The fraction of sp³-hybridized carbons (Fsp3) is 0.200. The van der Waals surface area contributed by atoms with Crippen LogP contribution in [0.5, 0.6) is 0 Å². The number of hydrogen-bond acceptors (Lipinski definition) is 5. The van der Waals surface area contributed by atoms with Crippen LogP contribution in [-0.4, -0.2) is 23.2 Å². The van der Waals surface area contributed by atoms with E-state index in [1.54, 1.807) is 0 Å². The molecule has 1 aromatic carbocycles. The maximum absolute atomic E-state index is 10.8. The third-order valence-corrected chi connectivity index (χ3v) is 2.15. The highest BCUT2D eigenvalue weighted by Gasteiger charge is 2.17. The molecule has 0 heterocycles. The van der Waals surface area contributed by atoms with Gasteiger partial charge in [-0.25, -0.2) is 0 Å². The Labute approximate surface area is 96.8 Å². The van der Waals surface area contributed by atoms with Crippen LogP contribution in [0.2, 0.25) is 0 Å². The number of carbonyl (C=O) groups is 2. The van der Waals surface area contributed by atoms with Crippen molar-refractivity contribution in [2.75, 3.05) is 5.32 Å². The molecule has 0 aliphatic rings. The Hall–Kier alpha value is -2.44. The average Bonchev–Trinajstić information content (AvgIpc) is 2.29. The fourth-order valence-corrected chi connectivity index (χ4v) is 1.20. The summed E-state index contributed by atoms with van der Waals surface area (Å²) in [5.41, 5.74) is 5.10. The van der Waals surface area contributed by atoms with Gasteiger partial charge in [0.1, 0.15) is 18.0 Å². The molecule has 0 aromatic heterocycles. The van der Waals surface area contributed by atoms with Crippen molar-refractivity contribution < 1.29 is 14.5 Å². The normalized spacial score (nSPS) is 11.6. The van der Waals surface area contributed by atoms with E-state index < -0.39 is 16.9 Å². The van der Waals surface area contributed by atoms with Crippen LogP contribution in [0.25, 0.3) is 0 Å². The maximum atomic E-state index is 10.8. The lowest BCUT2D eigenvalue weighted by Crippen LogP contribution is -2.32. The van der Waals surface area contributed by atoms with Crippen LogP contribution in [0.15, 0.2) is 18.2 Å². The standard InChI is InChI=1S/C10H11N3O4/c1-6(10(11)15)12-8-3-2-7(5-14)4-9(8)13(16)17/h2-6,12H,1H3,(H2,11,15). The van der Waals surface area contributed by atoms with Crippen LogP contribution in [0, 0.1) is 10.1 Å². The molecule has 0 fully saturated rings. The van der Waals surface area contributed by atoms with E-state index in [1.807, 2.05) is 0 Å². The van der Waals surface area contributed by atoms with E-state index >= 15 is 0 Å². The summed E-state index contributed by atoms with van der Waals surface area (Å²) in [6.07, 6.45) is 0.508. The van der Waals surface area contributed by atoms with Crippen molar-refractivity contribution in [2.24, 2.45) is 5.73 Å². The van der Waals surface area contributed by atoms with Crippen molar-refractivity contribution in [2.45, 2.75) is 13.0 Å². The zero-order valence-corrected chi connectivity index (χ0v) is 9.04. The van der Waals surface area contributed by atoms with Crippen LogP contribution in [0.4, 0.5) is 11.4 Å². The first-order valence-electron chi connectivity index (χ1n) is 4.75. The first-order valence-corrected chi connectivity index (χ1v) is 4.75. The number of benzene rings is 1. The number of primary amides is 1. The van der Waals surface area contributed by atoms with Crippen molar-refractivity contribution >= 4 is 23.6 Å². The van der Waals surface area contributed by atoms with Gasteiger partial charge < -0.3 is 11.1 Å². The van der Waals surface area contributed by atoms with Crippen LogP contribution < -0.4 is 11.1 Å². The largest absolute Gasteiger partial charge is 0.368 e. The van der Waals surface area contributed by atoms with Gasteiger partial charge in [-0.15, -0.1) is 0 Å². The van der Waals surface area contributed by atoms with Gasteiger partial charge >= 0.3 is 0 Å². The molecule has 0 aliphatic heterocycles. The minimum absolute atomic E-state index is 0.145. The molecule has 1 amide bonds. The Morgan fingerprint density at radius 1 is 1.59 bits per heavy atom. The lowest BCUT2D eigenvalue weighted by Gasteiger charge is -2.11. The molecule has 1 atom stereocenters. The summed E-state index contributed by atoms with van der Waals surface area (Å²) in [5, 5.41) is 13.4. The maximum Gasteiger partial charge on any atom is 0.293 e. The van der Waals surface area contributed by atoms with E-state index in [0.717, 1.165) is 6.07 Å². The molecule has 1 aromatic rings. The SMILES string of the molecule is CC(Nc1ccc(C=O)cc1[N+](=O)[O-])C(N)=O. The predicted octanol–water partition coefficient (Wildman–Crippen LogP) is 0.693. The summed E-state index contributed by atoms with van der Waals surface area (Å²) in [5.74, 6) is -0.626. The number of carbonyl (C=O) groups excluding carboxylic acids is 2. The highest BCUT2D eigenvalue weighted by Crippen LogP contribution is 2.25. The van der Waals surface area contributed by atoms with E-state index in [2.05, 4.69) is 5.32 Å². The zero-order chi connectivity index (χ0) is 13.0. The minimum atomic E-state index is -0.740. The van der Waals surface area contributed by atoms with E-state index in [4.69, 9.17) is 5.73 Å². The van der Waals surface area contributed by atoms with E-state index in [0.29, 0.717) is 6.29 Å². The van der Waals surface area contributed by atoms with Crippen LogP contribution in [-0.2, 0) is 4.79 Å². The Kier molecular flexibility index (Phi) is 3.76. The lowest BCUT2D eigenvalue weighted by atomic mass is 10.1. The first kappa shape index (κ1) is 12.6. The Bertz CT molecular complexity index is 473. The van der Waals surface area contributed by atoms with Gasteiger partial charge in [0.05, 0.1) is 4.92 Å². The molecule has 90 valence electrons. The number of nitro benzene ring substituents is 1. The molecule has 17 heavy (non-hydrogen) atoms. The summed E-state index contributed by atoms with van der Waals surface area (Å²) < 4.78 is 0. The van der Waals surface area contributed by atoms with Gasteiger partial charge in [0.2, 0.25) is 5.91 Å².